The minimum atomic E-state index is 0.0453. The molecule has 5 heteroatoms. The van der Waals surface area contributed by atoms with E-state index < -0.39 is 0 Å². The summed E-state index contributed by atoms with van der Waals surface area (Å²) in [4.78, 5) is 16.5. The Morgan fingerprint density at radius 2 is 1.83 bits per heavy atom. The number of hydrogen-bond acceptors (Lipinski definition) is 3. The van der Waals surface area contributed by atoms with E-state index >= 15 is 0 Å². The number of ether oxygens (including phenoxy) is 1. The Morgan fingerprint density at radius 1 is 1.17 bits per heavy atom. The highest BCUT2D eigenvalue weighted by Crippen LogP contribution is 2.28. The van der Waals surface area contributed by atoms with Crippen LogP contribution in [0.3, 0.4) is 0 Å². The lowest BCUT2D eigenvalue weighted by Gasteiger charge is -2.37. The SMILES string of the molecule is CCOc1ccccc1N1CCN(C(=O)NC(C)C(C)C)CC1. The van der Waals surface area contributed by atoms with Crippen LogP contribution in [0, 0.1) is 5.92 Å². The second-order valence-corrected chi connectivity index (χ2v) is 6.36. The Bertz CT molecular complexity index is 511. The largest absolute Gasteiger partial charge is 0.492 e. The second-order valence-electron chi connectivity index (χ2n) is 6.36. The molecule has 1 N–H and O–H groups in total. The van der Waals surface area contributed by atoms with Gasteiger partial charge in [-0.15, -0.1) is 0 Å². The van der Waals surface area contributed by atoms with E-state index in [2.05, 4.69) is 37.1 Å². The first kappa shape index (κ1) is 17.4. The van der Waals surface area contributed by atoms with Crippen molar-refractivity contribution in [3.8, 4) is 5.75 Å². The number of rotatable bonds is 5. The molecule has 1 fully saturated rings. The van der Waals surface area contributed by atoms with Crippen LogP contribution in [0.1, 0.15) is 27.7 Å². The van der Waals surface area contributed by atoms with E-state index in [1.54, 1.807) is 0 Å². The first-order valence-corrected chi connectivity index (χ1v) is 8.55. The molecule has 23 heavy (non-hydrogen) atoms. The van der Waals surface area contributed by atoms with Gasteiger partial charge in [0.2, 0.25) is 0 Å². The fourth-order valence-corrected chi connectivity index (χ4v) is 2.60. The van der Waals surface area contributed by atoms with Crippen molar-refractivity contribution in [2.75, 3.05) is 37.7 Å². The molecule has 0 spiro atoms. The quantitative estimate of drug-likeness (QED) is 0.907. The number of anilines is 1. The van der Waals surface area contributed by atoms with Crippen LogP contribution in [0.25, 0.3) is 0 Å². The number of urea groups is 1. The molecule has 0 saturated carbocycles. The molecule has 128 valence electrons. The zero-order chi connectivity index (χ0) is 16.8. The van der Waals surface area contributed by atoms with E-state index in [0.717, 1.165) is 37.6 Å². The minimum absolute atomic E-state index is 0.0453. The standard InChI is InChI=1S/C18H29N3O2/c1-5-23-17-9-7-6-8-16(17)20-10-12-21(13-11-20)18(22)19-15(4)14(2)3/h6-9,14-15H,5,10-13H2,1-4H3,(H,19,22). The highest BCUT2D eigenvalue weighted by Gasteiger charge is 2.24. The molecular weight excluding hydrogens is 290 g/mol. The first-order chi connectivity index (χ1) is 11.0. The van der Waals surface area contributed by atoms with Crippen molar-refractivity contribution in [2.24, 2.45) is 5.92 Å². The molecule has 1 heterocycles. The van der Waals surface area contributed by atoms with Gasteiger partial charge >= 0.3 is 6.03 Å². The summed E-state index contributed by atoms with van der Waals surface area (Å²) in [6.07, 6.45) is 0. The number of hydrogen-bond donors (Lipinski definition) is 1. The monoisotopic (exact) mass is 319 g/mol. The predicted octanol–water partition coefficient (Wildman–Crippen LogP) is 2.96. The Morgan fingerprint density at radius 3 is 2.43 bits per heavy atom. The summed E-state index contributed by atoms with van der Waals surface area (Å²) in [5, 5.41) is 3.08. The summed E-state index contributed by atoms with van der Waals surface area (Å²) >= 11 is 0. The maximum absolute atomic E-state index is 12.3. The first-order valence-electron chi connectivity index (χ1n) is 8.55. The van der Waals surface area contributed by atoms with Gasteiger partial charge in [0.15, 0.2) is 0 Å². The van der Waals surface area contributed by atoms with Crippen molar-refractivity contribution in [1.82, 2.24) is 10.2 Å². The van der Waals surface area contributed by atoms with E-state index in [9.17, 15) is 4.79 Å². The van der Waals surface area contributed by atoms with Gasteiger partial charge in [-0.3, -0.25) is 0 Å². The molecular formula is C18H29N3O2. The van der Waals surface area contributed by atoms with Gasteiger partial charge in [0.25, 0.3) is 0 Å². The number of piperazine rings is 1. The van der Waals surface area contributed by atoms with Gasteiger partial charge in [-0.25, -0.2) is 4.79 Å². The average Bonchev–Trinajstić information content (AvgIpc) is 2.55. The third kappa shape index (κ3) is 4.53. The molecule has 0 bridgehead atoms. The van der Waals surface area contributed by atoms with Gasteiger partial charge in [-0.05, 0) is 31.9 Å². The molecule has 5 nitrogen and oxygen atoms in total. The number of carbonyl (C=O) groups excluding carboxylic acids is 1. The van der Waals surface area contributed by atoms with E-state index in [4.69, 9.17) is 4.74 Å². The van der Waals surface area contributed by atoms with Gasteiger partial charge < -0.3 is 19.9 Å². The minimum Gasteiger partial charge on any atom is -0.492 e. The van der Waals surface area contributed by atoms with Crippen LogP contribution in [0.5, 0.6) is 5.75 Å². The van der Waals surface area contributed by atoms with Crippen LogP contribution in [-0.4, -0.2) is 49.8 Å². The molecule has 1 aromatic carbocycles. The normalized spacial score (nSPS) is 16.4. The van der Waals surface area contributed by atoms with Gasteiger partial charge in [0.1, 0.15) is 5.75 Å². The zero-order valence-corrected chi connectivity index (χ0v) is 14.7. The number of para-hydroxylation sites is 2. The van der Waals surface area contributed by atoms with Crippen molar-refractivity contribution in [3.05, 3.63) is 24.3 Å². The summed E-state index contributed by atoms with van der Waals surface area (Å²) in [6.45, 7) is 12.1. The zero-order valence-electron chi connectivity index (χ0n) is 14.7. The Kier molecular flexibility index (Phi) is 6.13. The van der Waals surface area contributed by atoms with E-state index in [0.29, 0.717) is 12.5 Å². The van der Waals surface area contributed by atoms with Crippen molar-refractivity contribution in [3.63, 3.8) is 0 Å². The van der Waals surface area contributed by atoms with Crippen LogP contribution in [0.2, 0.25) is 0 Å². The lowest BCUT2D eigenvalue weighted by molar-refractivity contribution is 0.188. The molecule has 1 atom stereocenters. The molecule has 2 amide bonds. The van der Waals surface area contributed by atoms with Crippen molar-refractivity contribution < 1.29 is 9.53 Å². The summed E-state index contributed by atoms with van der Waals surface area (Å²) in [6, 6.07) is 8.35. The van der Waals surface area contributed by atoms with E-state index in [1.165, 1.54) is 0 Å². The third-order valence-electron chi connectivity index (χ3n) is 4.42. The molecule has 2 rings (SSSR count). The summed E-state index contributed by atoms with van der Waals surface area (Å²) in [5.74, 6) is 1.36. The van der Waals surface area contributed by atoms with Gasteiger partial charge in [-0.2, -0.15) is 0 Å². The third-order valence-corrected chi connectivity index (χ3v) is 4.42. The topological polar surface area (TPSA) is 44.8 Å². The van der Waals surface area contributed by atoms with Crippen LogP contribution in [0.4, 0.5) is 10.5 Å². The van der Waals surface area contributed by atoms with Crippen LogP contribution >= 0.6 is 0 Å². The highest BCUT2D eigenvalue weighted by molar-refractivity contribution is 5.75. The number of carbonyl (C=O) groups is 1. The summed E-state index contributed by atoms with van der Waals surface area (Å²) < 4.78 is 5.71. The number of nitrogens with zero attached hydrogens (tertiary/aromatic N) is 2. The summed E-state index contributed by atoms with van der Waals surface area (Å²) in [7, 11) is 0. The number of nitrogens with one attached hydrogen (secondary N) is 1. The smallest absolute Gasteiger partial charge is 0.317 e. The maximum Gasteiger partial charge on any atom is 0.317 e. The fourth-order valence-electron chi connectivity index (χ4n) is 2.60. The molecule has 0 aromatic heterocycles. The highest BCUT2D eigenvalue weighted by atomic mass is 16.5. The number of amides is 2. The Hall–Kier alpha value is -1.91. The lowest BCUT2D eigenvalue weighted by atomic mass is 10.1. The molecule has 0 aliphatic carbocycles. The maximum atomic E-state index is 12.3. The Labute approximate surface area is 139 Å². The lowest BCUT2D eigenvalue weighted by Crippen LogP contribution is -2.53. The van der Waals surface area contributed by atoms with Gasteiger partial charge in [-0.1, -0.05) is 26.0 Å². The molecule has 1 saturated heterocycles. The average molecular weight is 319 g/mol. The molecule has 1 aliphatic heterocycles. The van der Waals surface area contributed by atoms with Crippen LogP contribution in [0.15, 0.2) is 24.3 Å². The van der Waals surface area contributed by atoms with Gasteiger partial charge in [0.05, 0.1) is 12.3 Å². The molecule has 1 aromatic rings. The van der Waals surface area contributed by atoms with Crippen LogP contribution in [-0.2, 0) is 0 Å². The predicted molar refractivity (Wildman–Crippen MR) is 94.2 cm³/mol. The van der Waals surface area contributed by atoms with E-state index in [1.807, 2.05) is 30.0 Å². The van der Waals surface area contributed by atoms with Crippen molar-refractivity contribution in [1.29, 1.82) is 0 Å². The molecule has 1 unspecified atom stereocenters. The summed E-state index contributed by atoms with van der Waals surface area (Å²) in [5.41, 5.74) is 1.12. The van der Waals surface area contributed by atoms with E-state index in [-0.39, 0.29) is 12.1 Å². The number of benzene rings is 1. The Balaban J connectivity index is 1.92. The fraction of sp³-hybridized carbons (Fsp3) is 0.611. The van der Waals surface area contributed by atoms with Gasteiger partial charge in [0, 0.05) is 32.2 Å². The van der Waals surface area contributed by atoms with Crippen LogP contribution < -0.4 is 15.0 Å². The van der Waals surface area contributed by atoms with Crippen molar-refractivity contribution in [2.45, 2.75) is 33.7 Å². The molecule has 0 radical (unpaired) electrons. The second kappa shape index (κ2) is 8.09. The van der Waals surface area contributed by atoms with Crippen molar-refractivity contribution >= 4 is 11.7 Å². The molecule has 1 aliphatic rings.